The maximum absolute atomic E-state index is 13.9. The zero-order valence-corrected chi connectivity index (χ0v) is 81.4. The van der Waals surface area contributed by atoms with Gasteiger partial charge in [-0.15, -0.1) is 0 Å². The number of amides is 3. The number of esters is 9. The smallest absolute Gasteiger partial charge is 0.303 e. The van der Waals surface area contributed by atoms with Crippen LogP contribution >= 0.6 is 0 Å². The monoisotopic (exact) mass is 1980 g/mol. The van der Waals surface area contributed by atoms with Gasteiger partial charge in [-0.2, -0.15) is 0 Å². The summed E-state index contributed by atoms with van der Waals surface area (Å²) in [5.41, 5.74) is 7.63. The number of hydrogen-bond donors (Lipinski definition) is 3. The van der Waals surface area contributed by atoms with Crippen molar-refractivity contribution in [3.05, 3.63) is 10.4 Å². The zero-order chi connectivity index (χ0) is 102. The van der Waals surface area contributed by atoms with E-state index in [4.69, 9.17) is 133 Å². The number of nitrogens with zero attached hydrogens (tertiary/aromatic N) is 3. The summed E-state index contributed by atoms with van der Waals surface area (Å²) in [4.78, 5) is 201. The van der Waals surface area contributed by atoms with Crippen molar-refractivity contribution in [2.45, 2.75) is 265 Å². The summed E-state index contributed by atoms with van der Waals surface area (Å²) in [7, 11) is 0. The topological polar surface area (TPSA) is 607 Å². The molecule has 0 aliphatic carbocycles. The number of carbonyl (C=O) groups excluding carboxylic acids is 16. The first kappa shape index (κ1) is 123. The highest BCUT2D eigenvalue weighted by Gasteiger charge is 2.55. The lowest BCUT2D eigenvalue weighted by molar-refractivity contribution is -0.279. The van der Waals surface area contributed by atoms with Crippen LogP contribution in [0.4, 0.5) is 0 Å². The third-order valence-corrected chi connectivity index (χ3v) is 19.9. The molecule has 49 heteroatoms. The van der Waals surface area contributed by atoms with Crippen molar-refractivity contribution < 1.29 is 205 Å². The number of ether oxygens (including phenoxy) is 27. The molecule has 3 aliphatic heterocycles. The van der Waals surface area contributed by atoms with Crippen molar-refractivity contribution in [1.82, 2.24) is 16.0 Å². The molecule has 3 amide bonds. The van der Waals surface area contributed by atoms with Gasteiger partial charge in [0, 0.05) is 171 Å². The van der Waals surface area contributed by atoms with Crippen LogP contribution < -0.4 is 16.0 Å². The lowest BCUT2D eigenvalue weighted by atomic mass is 9.84. The van der Waals surface area contributed by atoms with E-state index in [1.807, 2.05) is 0 Å². The van der Waals surface area contributed by atoms with Crippen molar-refractivity contribution in [3.63, 3.8) is 0 Å². The standard InChI is InChI=1S/C89H144N6O43/c1-58(96)92-77-83(133-67(10)105)80(130-64(7)102)74(52-127-61(4)99)136-86(77)124-48-45-118-42-39-115-36-33-112-27-16-20-70(108)23-30-121-55-89(51-73(111)19-14-13-15-26-91-95-90,56-122-31-24-71(109)21-17-28-113-34-37-116-40-43-119-46-49-125-87-78(93-59(2)97)84(134-68(11)106)81(131-65(8)103)75(137-87)53-128-62(5)100)57-123-32-25-72(110)22-18-29-114-35-38-117-41-44-120-47-50-126-88-79(94-60(3)98)85(135-69(12)107)82(132-66(9)104)76(138-88)54-129-63(6)101/h74-88H,13-57H2,1-12H3,(H,92,96)(H,93,97)(H,94,98). The van der Waals surface area contributed by atoms with Crippen LogP contribution in [0.25, 0.3) is 10.4 Å². The van der Waals surface area contributed by atoms with Gasteiger partial charge in [-0.1, -0.05) is 11.5 Å². The fourth-order valence-corrected chi connectivity index (χ4v) is 14.0. The first-order valence-corrected chi connectivity index (χ1v) is 46.1. The van der Waals surface area contributed by atoms with Crippen LogP contribution in [0.2, 0.25) is 0 Å². The Bertz CT molecular complexity index is 3360. The van der Waals surface area contributed by atoms with Crippen molar-refractivity contribution >= 4 is 94.6 Å². The molecule has 3 fully saturated rings. The summed E-state index contributed by atoms with van der Waals surface area (Å²) in [6, 6.07) is -3.44. The Hall–Kier alpha value is -9.09. The third-order valence-electron chi connectivity index (χ3n) is 19.9. The highest BCUT2D eigenvalue weighted by Crippen LogP contribution is 2.33. The Kier molecular flexibility index (Phi) is 65.9. The predicted molar refractivity (Wildman–Crippen MR) is 471 cm³/mol. The predicted octanol–water partition coefficient (Wildman–Crippen LogP) is 2.24. The Labute approximate surface area is 802 Å². The Morgan fingerprint density at radius 2 is 0.522 bits per heavy atom. The fraction of sp³-hybridized carbons (Fsp3) is 0.820. The lowest BCUT2D eigenvalue weighted by Crippen LogP contribution is -2.66. The summed E-state index contributed by atoms with van der Waals surface area (Å²) < 4.78 is 153. The van der Waals surface area contributed by atoms with Crippen LogP contribution in [0, 0.1) is 5.41 Å². The highest BCUT2D eigenvalue weighted by molar-refractivity contribution is 5.81. The number of Topliss-reactive ketones (excluding diaryl/α,β-unsaturated/α-hetero) is 4. The molecule has 0 aromatic carbocycles. The van der Waals surface area contributed by atoms with Crippen LogP contribution in [-0.2, 0) is 205 Å². The third kappa shape index (κ3) is 57.6. The summed E-state index contributed by atoms with van der Waals surface area (Å²) in [5.74, 6) is -8.58. The molecule has 15 atom stereocenters. The molecule has 138 heavy (non-hydrogen) atoms. The van der Waals surface area contributed by atoms with Crippen molar-refractivity contribution in [1.29, 1.82) is 0 Å². The minimum Gasteiger partial charge on any atom is -0.463 e. The second kappa shape index (κ2) is 73.9. The molecule has 49 nitrogen and oxygen atoms in total. The zero-order valence-electron chi connectivity index (χ0n) is 81.4. The van der Waals surface area contributed by atoms with E-state index in [1.165, 1.54) is 41.5 Å². The summed E-state index contributed by atoms with van der Waals surface area (Å²) >= 11 is 0. The second-order valence-corrected chi connectivity index (χ2v) is 32.1. The van der Waals surface area contributed by atoms with Gasteiger partial charge < -0.3 is 144 Å². The number of carbonyl (C=O) groups is 16. The van der Waals surface area contributed by atoms with Gasteiger partial charge in [-0.25, -0.2) is 0 Å². The van der Waals surface area contributed by atoms with Crippen molar-refractivity contribution in [2.75, 3.05) is 205 Å². The molecule has 3 aliphatic rings. The average molecular weight is 1990 g/mol. The minimum absolute atomic E-state index is 0.0201. The molecule has 3 rings (SSSR count). The number of hydrogen-bond acceptors (Lipinski definition) is 44. The molecule has 0 radical (unpaired) electrons. The van der Waals surface area contributed by atoms with Crippen LogP contribution in [0.3, 0.4) is 0 Å². The second-order valence-electron chi connectivity index (χ2n) is 32.1. The molecule has 0 spiro atoms. The molecule has 15 unspecified atom stereocenters. The van der Waals surface area contributed by atoms with Gasteiger partial charge in [0.25, 0.3) is 0 Å². The number of ketones is 4. The maximum Gasteiger partial charge on any atom is 0.303 e. The molecule has 0 bridgehead atoms. The van der Waals surface area contributed by atoms with Crippen LogP contribution in [0.5, 0.6) is 0 Å². The largest absolute Gasteiger partial charge is 0.463 e. The minimum atomic E-state index is -1.29. The van der Waals surface area contributed by atoms with Gasteiger partial charge in [-0.3, -0.25) is 76.7 Å². The Morgan fingerprint density at radius 1 is 0.275 bits per heavy atom. The van der Waals surface area contributed by atoms with E-state index < -0.39 is 189 Å². The number of rotatable bonds is 80. The molecule has 788 valence electrons. The van der Waals surface area contributed by atoms with Gasteiger partial charge >= 0.3 is 53.7 Å². The quantitative estimate of drug-likeness (QED) is 0.0196. The van der Waals surface area contributed by atoms with Gasteiger partial charge in [-0.05, 0) is 37.6 Å². The van der Waals surface area contributed by atoms with E-state index in [-0.39, 0.29) is 259 Å². The molecule has 0 saturated carbocycles. The van der Waals surface area contributed by atoms with Crippen LogP contribution in [0.1, 0.15) is 173 Å². The van der Waals surface area contributed by atoms with E-state index in [0.29, 0.717) is 38.5 Å². The van der Waals surface area contributed by atoms with E-state index in [0.717, 1.165) is 41.5 Å². The first-order chi connectivity index (χ1) is 66.0. The van der Waals surface area contributed by atoms with E-state index in [2.05, 4.69) is 26.0 Å². The summed E-state index contributed by atoms with van der Waals surface area (Å²) in [5, 5.41) is 11.5. The molecule has 3 heterocycles. The van der Waals surface area contributed by atoms with E-state index in [9.17, 15) is 76.7 Å². The van der Waals surface area contributed by atoms with Gasteiger partial charge in [0.15, 0.2) is 55.5 Å². The van der Waals surface area contributed by atoms with Crippen molar-refractivity contribution in [2.24, 2.45) is 10.5 Å². The van der Waals surface area contributed by atoms with Crippen LogP contribution in [0.15, 0.2) is 5.11 Å². The highest BCUT2D eigenvalue weighted by atomic mass is 16.7. The van der Waals surface area contributed by atoms with E-state index in [1.54, 1.807) is 0 Å². The Morgan fingerprint density at radius 3 is 0.768 bits per heavy atom. The molecule has 0 aromatic rings. The Balaban J connectivity index is 1.54. The van der Waals surface area contributed by atoms with E-state index >= 15 is 0 Å². The summed E-state index contributed by atoms with van der Waals surface area (Å²) in [6.45, 7) is 15.4. The number of unbranched alkanes of at least 4 members (excludes halogenated alkanes) is 2. The number of azide groups is 1. The molecule has 3 N–H and O–H groups in total. The fourth-order valence-electron chi connectivity index (χ4n) is 14.0. The first-order valence-electron chi connectivity index (χ1n) is 46.1. The summed E-state index contributed by atoms with van der Waals surface area (Å²) in [6.07, 6.45) is -11.5. The normalized spacial score (nSPS) is 21.6. The molecule has 0 aromatic heterocycles. The molecular formula is C89H144N6O43. The maximum atomic E-state index is 13.9. The lowest BCUT2D eigenvalue weighted by Gasteiger charge is -2.44. The van der Waals surface area contributed by atoms with Gasteiger partial charge in [0.2, 0.25) is 17.7 Å². The molecule has 3 saturated heterocycles. The van der Waals surface area contributed by atoms with Crippen LogP contribution in [-0.4, -0.2) is 391 Å². The average Bonchev–Trinajstić information content (AvgIpc) is 0.794. The molecular weight excluding hydrogens is 1840 g/mol. The number of nitrogens with one attached hydrogen (secondary N) is 3. The van der Waals surface area contributed by atoms with Gasteiger partial charge in [0.1, 0.15) is 79.4 Å². The van der Waals surface area contributed by atoms with Crippen molar-refractivity contribution in [3.8, 4) is 0 Å². The SMILES string of the molecule is CC(=O)NC1C(OCCOCCOCCOCCCC(=O)CCOCC(COCCC(=O)CCCOCCOCCOCCOC2OC(COC(C)=O)C(OC(C)=O)C(OC(C)=O)C2NC(C)=O)(COCCC(=O)CCCOCCOCCOCCOC2OC(COC(C)=O)C(OC(C)=O)C(OC(C)=O)C2NC(C)=O)CC(=O)CCCCCN=[N+]=[N-])OC(COC(C)=O)C(OC(C)=O)C1OC(C)=O. The van der Waals surface area contributed by atoms with Gasteiger partial charge in [0.05, 0.1) is 159 Å².